The third-order valence-corrected chi connectivity index (χ3v) is 4.36. The Kier molecular flexibility index (Phi) is 3.21. The summed E-state index contributed by atoms with van der Waals surface area (Å²) < 4.78 is 0. The highest BCUT2D eigenvalue weighted by molar-refractivity contribution is 8.00. The first-order chi connectivity index (χ1) is 9.70. The lowest BCUT2D eigenvalue weighted by Gasteiger charge is -2.20. The first-order valence-corrected chi connectivity index (χ1v) is 7.14. The molecule has 0 saturated carbocycles. The smallest absolute Gasteiger partial charge is 0.260 e. The number of amides is 1. The van der Waals surface area contributed by atoms with Gasteiger partial charge in [-0.1, -0.05) is 41.6 Å². The second-order valence-electron chi connectivity index (χ2n) is 4.61. The number of hydrogen-bond acceptors (Lipinski definition) is 3. The number of nitrogens with zero attached hydrogens (tertiary/aromatic N) is 2. The summed E-state index contributed by atoms with van der Waals surface area (Å²) in [7, 11) is 0. The van der Waals surface area contributed by atoms with Gasteiger partial charge < -0.3 is 0 Å². The second kappa shape index (κ2) is 5.03. The average Bonchev–Trinajstić information content (AvgIpc) is 2.85. The van der Waals surface area contributed by atoms with Crippen LogP contribution in [0.4, 0.5) is 5.69 Å². The largest absolute Gasteiger partial charge is 0.281 e. The van der Waals surface area contributed by atoms with Gasteiger partial charge >= 0.3 is 0 Å². The molecule has 98 valence electrons. The summed E-state index contributed by atoms with van der Waals surface area (Å²) in [5.74, 6) is -0.131. The molecule has 3 nitrogen and oxygen atoms in total. The molecule has 0 aromatic heterocycles. The van der Waals surface area contributed by atoms with E-state index in [2.05, 4.69) is 6.07 Å². The first-order valence-electron chi connectivity index (χ1n) is 6.26. The Labute approximate surface area is 121 Å². The Morgan fingerprint density at radius 2 is 1.90 bits per heavy atom. The first kappa shape index (κ1) is 12.8. The molecule has 3 rings (SSSR count). The van der Waals surface area contributed by atoms with Gasteiger partial charge in [0.25, 0.3) is 5.91 Å². The molecule has 0 radical (unpaired) electrons. The van der Waals surface area contributed by atoms with Crippen LogP contribution in [0.15, 0.2) is 53.4 Å². The Morgan fingerprint density at radius 1 is 1.20 bits per heavy atom. The summed E-state index contributed by atoms with van der Waals surface area (Å²) in [4.78, 5) is 15.2. The number of benzene rings is 2. The van der Waals surface area contributed by atoms with Crippen LogP contribution in [-0.2, 0) is 0 Å². The van der Waals surface area contributed by atoms with Crippen LogP contribution >= 0.6 is 11.8 Å². The maximum absolute atomic E-state index is 12.7. The minimum Gasteiger partial charge on any atom is -0.281 e. The molecule has 0 N–H and O–H groups in total. The van der Waals surface area contributed by atoms with Crippen LogP contribution in [0.3, 0.4) is 0 Å². The fraction of sp³-hybridized carbons (Fsp3) is 0.125. The fourth-order valence-corrected chi connectivity index (χ4v) is 3.24. The summed E-state index contributed by atoms with van der Waals surface area (Å²) >= 11 is 1.41. The van der Waals surface area contributed by atoms with Gasteiger partial charge in [-0.15, -0.1) is 0 Å². The number of rotatable bonds is 1. The van der Waals surface area contributed by atoms with Crippen molar-refractivity contribution in [1.82, 2.24) is 0 Å². The molecule has 1 atom stereocenters. The van der Waals surface area contributed by atoms with Gasteiger partial charge in [0, 0.05) is 10.5 Å². The molecule has 1 heterocycles. The lowest BCUT2D eigenvalue weighted by Crippen LogP contribution is -2.34. The van der Waals surface area contributed by atoms with Gasteiger partial charge in [0.2, 0.25) is 0 Å². The van der Waals surface area contributed by atoms with Crippen molar-refractivity contribution in [2.75, 3.05) is 4.90 Å². The van der Waals surface area contributed by atoms with Crippen molar-refractivity contribution in [3.8, 4) is 6.07 Å². The van der Waals surface area contributed by atoms with E-state index in [-0.39, 0.29) is 5.91 Å². The van der Waals surface area contributed by atoms with Crippen LogP contribution in [0.5, 0.6) is 0 Å². The Bertz CT molecular complexity index is 703. The second-order valence-corrected chi connectivity index (χ2v) is 5.73. The summed E-state index contributed by atoms with van der Waals surface area (Å²) in [6.45, 7) is 1.98. The zero-order valence-electron chi connectivity index (χ0n) is 10.9. The summed E-state index contributed by atoms with van der Waals surface area (Å²) in [5.41, 5.74) is 2.53. The monoisotopic (exact) mass is 280 g/mol. The average molecular weight is 280 g/mol. The minimum absolute atomic E-state index is 0.131. The predicted octanol–water partition coefficient (Wildman–Crippen LogP) is 3.60. The standard InChI is InChI=1S/C16H12N2OS/c1-11-6-8-12(9-7-11)16(19)18-13-4-2-3-5-14(13)20-15(18)10-17/h2-9,15H,1H3. The maximum Gasteiger partial charge on any atom is 0.260 e. The number of para-hydroxylation sites is 1. The summed E-state index contributed by atoms with van der Waals surface area (Å²) in [6, 6.07) is 17.2. The molecule has 0 bridgehead atoms. The predicted molar refractivity (Wildman–Crippen MR) is 79.7 cm³/mol. The maximum atomic E-state index is 12.7. The molecular weight excluding hydrogens is 268 g/mol. The zero-order valence-corrected chi connectivity index (χ0v) is 11.7. The third kappa shape index (κ3) is 2.06. The lowest BCUT2D eigenvalue weighted by atomic mass is 10.1. The summed E-state index contributed by atoms with van der Waals surface area (Å²) in [5, 5.41) is 8.78. The van der Waals surface area contributed by atoms with E-state index in [0.29, 0.717) is 5.56 Å². The number of carbonyl (C=O) groups is 1. The number of aryl methyl sites for hydroxylation is 1. The fourth-order valence-electron chi connectivity index (χ4n) is 2.19. The van der Waals surface area contributed by atoms with Crippen molar-refractivity contribution < 1.29 is 4.79 Å². The molecular formula is C16H12N2OS. The van der Waals surface area contributed by atoms with E-state index < -0.39 is 5.37 Å². The number of carbonyl (C=O) groups excluding carboxylic acids is 1. The van der Waals surface area contributed by atoms with E-state index in [4.69, 9.17) is 0 Å². The van der Waals surface area contributed by atoms with E-state index in [1.54, 1.807) is 17.0 Å². The van der Waals surface area contributed by atoms with Crippen LogP contribution in [0.2, 0.25) is 0 Å². The molecule has 1 aliphatic heterocycles. The molecule has 0 saturated heterocycles. The highest BCUT2D eigenvalue weighted by Crippen LogP contribution is 2.43. The zero-order chi connectivity index (χ0) is 14.1. The van der Waals surface area contributed by atoms with Crippen LogP contribution in [0.25, 0.3) is 0 Å². The van der Waals surface area contributed by atoms with E-state index in [1.807, 2.05) is 43.3 Å². The van der Waals surface area contributed by atoms with Crippen molar-refractivity contribution in [3.05, 3.63) is 59.7 Å². The molecule has 1 aliphatic rings. The van der Waals surface area contributed by atoms with Crippen molar-refractivity contribution in [3.63, 3.8) is 0 Å². The number of nitriles is 1. The lowest BCUT2D eigenvalue weighted by molar-refractivity contribution is 0.0988. The van der Waals surface area contributed by atoms with Gasteiger partial charge in [-0.2, -0.15) is 5.26 Å². The Morgan fingerprint density at radius 3 is 2.60 bits per heavy atom. The van der Waals surface area contributed by atoms with Gasteiger partial charge in [0.05, 0.1) is 11.8 Å². The van der Waals surface area contributed by atoms with Gasteiger partial charge in [-0.3, -0.25) is 9.69 Å². The van der Waals surface area contributed by atoms with Gasteiger partial charge in [-0.05, 0) is 31.2 Å². The molecule has 4 heteroatoms. The number of anilines is 1. The molecule has 0 aliphatic carbocycles. The quantitative estimate of drug-likeness (QED) is 0.801. The third-order valence-electron chi connectivity index (χ3n) is 3.23. The van der Waals surface area contributed by atoms with Crippen LogP contribution in [0, 0.1) is 18.3 Å². The van der Waals surface area contributed by atoms with E-state index in [0.717, 1.165) is 16.1 Å². The van der Waals surface area contributed by atoms with E-state index in [9.17, 15) is 10.1 Å². The van der Waals surface area contributed by atoms with Crippen molar-refractivity contribution >= 4 is 23.4 Å². The normalized spacial score (nSPS) is 16.6. The molecule has 0 fully saturated rings. The molecule has 0 spiro atoms. The Hall–Kier alpha value is -2.25. The van der Waals surface area contributed by atoms with Gasteiger partial charge in [0.15, 0.2) is 5.37 Å². The molecule has 2 aromatic rings. The van der Waals surface area contributed by atoms with E-state index >= 15 is 0 Å². The molecule has 20 heavy (non-hydrogen) atoms. The van der Waals surface area contributed by atoms with Crippen LogP contribution < -0.4 is 4.90 Å². The molecule has 2 aromatic carbocycles. The van der Waals surface area contributed by atoms with Gasteiger partial charge in [-0.25, -0.2) is 0 Å². The van der Waals surface area contributed by atoms with Crippen LogP contribution in [0.1, 0.15) is 15.9 Å². The minimum atomic E-state index is -0.499. The van der Waals surface area contributed by atoms with Crippen LogP contribution in [-0.4, -0.2) is 11.3 Å². The van der Waals surface area contributed by atoms with Crippen molar-refractivity contribution in [2.24, 2.45) is 0 Å². The number of hydrogen-bond donors (Lipinski definition) is 0. The number of thioether (sulfide) groups is 1. The number of fused-ring (bicyclic) bond motifs is 1. The SMILES string of the molecule is Cc1ccc(C(=O)N2c3ccccc3SC2C#N)cc1. The molecule has 1 amide bonds. The van der Waals surface area contributed by atoms with Crippen molar-refractivity contribution in [2.45, 2.75) is 17.2 Å². The summed E-state index contributed by atoms with van der Waals surface area (Å²) in [6.07, 6.45) is 0. The van der Waals surface area contributed by atoms with Crippen molar-refractivity contribution in [1.29, 1.82) is 5.26 Å². The Balaban J connectivity index is 2.02. The van der Waals surface area contributed by atoms with E-state index in [1.165, 1.54) is 11.8 Å². The van der Waals surface area contributed by atoms with Gasteiger partial charge in [0.1, 0.15) is 0 Å². The molecule has 1 unspecified atom stereocenters. The highest BCUT2D eigenvalue weighted by Gasteiger charge is 2.34. The topological polar surface area (TPSA) is 44.1 Å². The highest BCUT2D eigenvalue weighted by atomic mass is 32.2.